The minimum atomic E-state index is -0.617. The van der Waals surface area contributed by atoms with E-state index in [1.807, 2.05) is 13.8 Å². The van der Waals surface area contributed by atoms with Crippen LogP contribution >= 0.6 is 0 Å². The van der Waals surface area contributed by atoms with Crippen molar-refractivity contribution in [3.05, 3.63) is 45.1 Å². The number of hydrogen-bond donors (Lipinski definition) is 2. The summed E-state index contributed by atoms with van der Waals surface area (Å²) in [7, 11) is 0. The maximum absolute atomic E-state index is 12.5. The van der Waals surface area contributed by atoms with Crippen LogP contribution in [0.5, 0.6) is 11.5 Å². The number of benzene rings is 1. The van der Waals surface area contributed by atoms with Gasteiger partial charge in [-0.3, -0.25) is 18.7 Å². The summed E-state index contributed by atoms with van der Waals surface area (Å²) in [4.78, 5) is 36.9. The summed E-state index contributed by atoms with van der Waals surface area (Å²) in [6.45, 7) is 3.92. The van der Waals surface area contributed by atoms with E-state index in [1.54, 1.807) is 18.2 Å². The van der Waals surface area contributed by atoms with Crippen LogP contribution in [0.4, 0.5) is 11.5 Å². The number of nitrogens with zero attached hydrogens (tertiary/aromatic N) is 2. The van der Waals surface area contributed by atoms with E-state index in [4.69, 9.17) is 15.2 Å². The van der Waals surface area contributed by atoms with Crippen molar-refractivity contribution in [2.45, 2.75) is 26.9 Å². The Bertz CT molecular complexity index is 961. The van der Waals surface area contributed by atoms with Gasteiger partial charge in [-0.05, 0) is 18.1 Å². The minimum absolute atomic E-state index is 0.0844. The lowest BCUT2D eigenvalue weighted by atomic mass is 10.2. The van der Waals surface area contributed by atoms with E-state index < -0.39 is 23.7 Å². The third-order valence-corrected chi connectivity index (χ3v) is 3.82. The van der Waals surface area contributed by atoms with Gasteiger partial charge in [0.15, 0.2) is 11.5 Å². The highest BCUT2D eigenvalue weighted by molar-refractivity contribution is 5.91. The number of hydrogen-bond acceptors (Lipinski definition) is 6. The lowest BCUT2D eigenvalue weighted by molar-refractivity contribution is -0.116. The molecule has 0 fully saturated rings. The fourth-order valence-corrected chi connectivity index (χ4v) is 2.65. The van der Waals surface area contributed by atoms with E-state index >= 15 is 0 Å². The molecule has 0 saturated heterocycles. The smallest absolute Gasteiger partial charge is 0.333 e. The van der Waals surface area contributed by atoms with Gasteiger partial charge in [0.2, 0.25) is 12.7 Å². The molecule has 0 aliphatic carbocycles. The predicted octanol–water partition coefficient (Wildman–Crippen LogP) is 0.616. The maximum Gasteiger partial charge on any atom is 0.333 e. The normalized spacial score (nSPS) is 12.4. The Kier molecular flexibility index (Phi) is 4.70. The first-order valence-electron chi connectivity index (χ1n) is 8.15. The number of rotatable bonds is 5. The summed E-state index contributed by atoms with van der Waals surface area (Å²) in [6, 6.07) is 6.08. The van der Waals surface area contributed by atoms with E-state index in [0.717, 1.165) is 10.6 Å². The van der Waals surface area contributed by atoms with Crippen LogP contribution in [0.1, 0.15) is 13.8 Å². The molecule has 1 aliphatic rings. The zero-order valence-electron chi connectivity index (χ0n) is 14.5. The van der Waals surface area contributed by atoms with Crippen molar-refractivity contribution in [1.29, 1.82) is 0 Å². The van der Waals surface area contributed by atoms with E-state index in [2.05, 4.69) is 5.32 Å². The molecule has 3 N–H and O–H groups in total. The molecule has 3 rings (SSSR count). The van der Waals surface area contributed by atoms with Gasteiger partial charge in [0.05, 0.1) is 0 Å². The number of nitrogens with one attached hydrogen (secondary N) is 1. The number of ether oxygens (including phenoxy) is 2. The fraction of sp³-hybridized carbons (Fsp3) is 0.353. The van der Waals surface area contributed by atoms with Crippen LogP contribution in [-0.2, 0) is 17.9 Å². The molecule has 2 aromatic rings. The average Bonchev–Trinajstić information content (AvgIpc) is 3.03. The van der Waals surface area contributed by atoms with Crippen molar-refractivity contribution >= 4 is 17.4 Å². The zero-order chi connectivity index (χ0) is 18.8. The Morgan fingerprint density at radius 1 is 1.19 bits per heavy atom. The summed E-state index contributed by atoms with van der Waals surface area (Å²) >= 11 is 0. The van der Waals surface area contributed by atoms with Crippen LogP contribution in [0.15, 0.2) is 33.9 Å². The summed E-state index contributed by atoms with van der Waals surface area (Å²) < 4.78 is 12.6. The maximum atomic E-state index is 12.5. The number of carbonyl (C=O) groups is 1. The van der Waals surface area contributed by atoms with Crippen LogP contribution in [-0.4, -0.2) is 21.8 Å². The molecule has 0 bridgehead atoms. The molecule has 0 spiro atoms. The van der Waals surface area contributed by atoms with Gasteiger partial charge in [-0.15, -0.1) is 0 Å². The molecule has 1 aliphatic heterocycles. The quantitative estimate of drug-likeness (QED) is 0.807. The minimum Gasteiger partial charge on any atom is -0.454 e. The highest BCUT2D eigenvalue weighted by Crippen LogP contribution is 2.34. The van der Waals surface area contributed by atoms with Gasteiger partial charge < -0.3 is 20.5 Å². The third-order valence-electron chi connectivity index (χ3n) is 3.82. The summed E-state index contributed by atoms with van der Waals surface area (Å²) in [5.41, 5.74) is 5.02. The summed E-state index contributed by atoms with van der Waals surface area (Å²) in [5, 5.41) is 2.64. The highest BCUT2D eigenvalue weighted by atomic mass is 16.7. The Morgan fingerprint density at radius 3 is 2.65 bits per heavy atom. The van der Waals surface area contributed by atoms with Crippen LogP contribution < -0.4 is 31.8 Å². The lowest BCUT2D eigenvalue weighted by Gasteiger charge is -2.14. The number of aromatic nitrogens is 2. The molecule has 0 radical (unpaired) electrons. The Hall–Kier alpha value is -3.23. The molecule has 9 heteroatoms. The molecular weight excluding hydrogens is 340 g/mol. The molecule has 138 valence electrons. The molecule has 0 saturated carbocycles. The summed E-state index contributed by atoms with van der Waals surface area (Å²) in [6.07, 6.45) is 0. The van der Waals surface area contributed by atoms with E-state index in [0.29, 0.717) is 23.7 Å². The first kappa shape index (κ1) is 17.6. The molecule has 26 heavy (non-hydrogen) atoms. The number of nitrogen functional groups attached to an aromatic ring is 1. The third kappa shape index (κ3) is 3.56. The standard InChI is InChI=1S/C17H20N4O5/c1-10(2)7-20-14(18)6-16(23)21(17(20)24)8-15(22)19-11-3-4-12-13(5-11)26-9-25-12/h3-6,10H,7-9,18H2,1-2H3,(H,19,22). The summed E-state index contributed by atoms with van der Waals surface area (Å²) in [5.74, 6) is 0.842. The molecule has 1 aromatic heterocycles. The van der Waals surface area contributed by atoms with Crippen molar-refractivity contribution in [3.63, 3.8) is 0 Å². The van der Waals surface area contributed by atoms with Gasteiger partial charge >= 0.3 is 5.69 Å². The predicted molar refractivity (Wildman–Crippen MR) is 95.4 cm³/mol. The van der Waals surface area contributed by atoms with Crippen LogP contribution in [0.25, 0.3) is 0 Å². The largest absolute Gasteiger partial charge is 0.454 e. The molecule has 0 unspecified atom stereocenters. The van der Waals surface area contributed by atoms with Crippen molar-refractivity contribution in [1.82, 2.24) is 9.13 Å². The molecule has 2 heterocycles. The number of fused-ring (bicyclic) bond motifs is 1. The Labute approximate surface area is 148 Å². The number of amides is 1. The molecule has 9 nitrogen and oxygen atoms in total. The molecular formula is C17H20N4O5. The first-order chi connectivity index (χ1) is 12.3. The fourth-order valence-electron chi connectivity index (χ4n) is 2.65. The monoisotopic (exact) mass is 360 g/mol. The Morgan fingerprint density at radius 2 is 1.92 bits per heavy atom. The van der Waals surface area contributed by atoms with Gasteiger partial charge in [0.25, 0.3) is 5.56 Å². The van der Waals surface area contributed by atoms with Crippen LogP contribution in [0, 0.1) is 5.92 Å². The van der Waals surface area contributed by atoms with Gasteiger partial charge in [0.1, 0.15) is 12.4 Å². The van der Waals surface area contributed by atoms with Crippen LogP contribution in [0.3, 0.4) is 0 Å². The average molecular weight is 360 g/mol. The van der Waals surface area contributed by atoms with Crippen molar-refractivity contribution in [3.8, 4) is 11.5 Å². The molecule has 1 amide bonds. The molecule has 1 aromatic carbocycles. The van der Waals surface area contributed by atoms with Crippen molar-refractivity contribution in [2.24, 2.45) is 5.92 Å². The topological polar surface area (TPSA) is 118 Å². The second-order valence-corrected chi connectivity index (χ2v) is 6.40. The number of anilines is 2. The van der Waals surface area contributed by atoms with E-state index in [9.17, 15) is 14.4 Å². The highest BCUT2D eigenvalue weighted by Gasteiger charge is 2.16. The number of carbonyl (C=O) groups excluding carboxylic acids is 1. The zero-order valence-corrected chi connectivity index (χ0v) is 14.5. The van der Waals surface area contributed by atoms with Crippen molar-refractivity contribution in [2.75, 3.05) is 17.8 Å². The first-order valence-corrected chi connectivity index (χ1v) is 8.15. The Balaban J connectivity index is 1.81. The van der Waals surface area contributed by atoms with E-state index in [-0.39, 0.29) is 18.5 Å². The van der Waals surface area contributed by atoms with E-state index in [1.165, 1.54) is 4.57 Å². The lowest BCUT2D eigenvalue weighted by Crippen LogP contribution is -2.43. The van der Waals surface area contributed by atoms with Crippen molar-refractivity contribution < 1.29 is 14.3 Å². The van der Waals surface area contributed by atoms with Gasteiger partial charge in [-0.25, -0.2) is 4.79 Å². The van der Waals surface area contributed by atoms with Gasteiger partial charge in [-0.2, -0.15) is 0 Å². The van der Waals surface area contributed by atoms with Gasteiger partial charge in [-0.1, -0.05) is 13.8 Å². The second-order valence-electron chi connectivity index (χ2n) is 6.40. The SMILES string of the molecule is CC(C)Cn1c(N)cc(=O)n(CC(=O)Nc2ccc3c(c2)OCO3)c1=O. The molecule has 0 atom stereocenters. The van der Waals surface area contributed by atoms with Gasteiger partial charge in [0, 0.05) is 24.4 Å². The van der Waals surface area contributed by atoms with Crippen LogP contribution in [0.2, 0.25) is 0 Å². The second kappa shape index (κ2) is 6.95. The number of nitrogens with two attached hydrogens (primary N) is 1.